The molecule has 0 radical (unpaired) electrons. The summed E-state index contributed by atoms with van der Waals surface area (Å²) < 4.78 is 5.71. The third kappa shape index (κ3) is 19.8. The quantitative estimate of drug-likeness (QED) is 0.327. The summed E-state index contributed by atoms with van der Waals surface area (Å²) in [4.78, 5) is 0. The fourth-order valence-electron chi connectivity index (χ4n) is 2.82. The van der Waals surface area contributed by atoms with Crippen LogP contribution in [0.3, 0.4) is 0 Å². The maximum atomic E-state index is 5.71. The monoisotopic (exact) mass is 328 g/mol. The highest BCUT2D eigenvalue weighted by Crippen LogP contribution is 2.10. The van der Waals surface area contributed by atoms with Crippen molar-refractivity contribution >= 4 is 0 Å². The Kier molecular flexibility index (Phi) is 19.8. The summed E-state index contributed by atoms with van der Waals surface area (Å²) in [5.74, 6) is 0. The van der Waals surface area contributed by atoms with Crippen LogP contribution in [0.4, 0.5) is 0 Å². The van der Waals surface area contributed by atoms with Crippen molar-refractivity contribution in [3.63, 3.8) is 0 Å². The molecule has 0 aromatic rings. The largest absolute Gasteiger partial charge is 0.381 e. The first-order chi connectivity index (χ1) is 11.3. The van der Waals surface area contributed by atoms with E-state index in [1.165, 1.54) is 77.0 Å². The number of rotatable bonds is 19. The molecule has 0 rings (SSSR count). The number of hydrogen-bond acceptors (Lipinski definition) is 3. The minimum absolute atomic E-state index is 0.549. The molecule has 0 spiro atoms. The molecule has 1 atom stereocenters. The van der Waals surface area contributed by atoms with Crippen LogP contribution in [0.2, 0.25) is 0 Å². The van der Waals surface area contributed by atoms with E-state index in [0.29, 0.717) is 6.04 Å². The molecular formula is C20H44N2O. The molecule has 0 saturated carbocycles. The van der Waals surface area contributed by atoms with Crippen molar-refractivity contribution in [1.82, 2.24) is 5.32 Å². The molecular weight excluding hydrogens is 284 g/mol. The number of hydrogen-bond donors (Lipinski definition) is 2. The molecule has 3 nitrogen and oxygen atoms in total. The second-order valence-corrected chi connectivity index (χ2v) is 6.93. The van der Waals surface area contributed by atoms with Gasteiger partial charge in [0, 0.05) is 19.3 Å². The number of nitrogens with two attached hydrogens (primary N) is 1. The Morgan fingerprint density at radius 3 is 1.87 bits per heavy atom. The highest BCUT2D eigenvalue weighted by Gasteiger charge is 1.98. The van der Waals surface area contributed by atoms with Crippen LogP contribution in [0, 0.1) is 0 Å². The van der Waals surface area contributed by atoms with Gasteiger partial charge in [0.15, 0.2) is 0 Å². The van der Waals surface area contributed by atoms with E-state index in [9.17, 15) is 0 Å². The van der Waals surface area contributed by atoms with Gasteiger partial charge in [-0.05, 0) is 45.7 Å². The SMILES string of the molecule is CCCCCCCCCCCCOCCCCNC(C)CCN. The summed E-state index contributed by atoms with van der Waals surface area (Å²) in [5.41, 5.74) is 5.53. The predicted octanol–water partition coefficient (Wildman–Crippen LogP) is 5.03. The van der Waals surface area contributed by atoms with E-state index in [2.05, 4.69) is 19.2 Å². The van der Waals surface area contributed by atoms with E-state index in [-0.39, 0.29) is 0 Å². The third-order valence-corrected chi connectivity index (χ3v) is 4.45. The molecule has 0 bridgehead atoms. The van der Waals surface area contributed by atoms with E-state index in [4.69, 9.17) is 10.5 Å². The predicted molar refractivity (Wildman–Crippen MR) is 103 cm³/mol. The van der Waals surface area contributed by atoms with Crippen LogP contribution < -0.4 is 11.1 Å². The van der Waals surface area contributed by atoms with Gasteiger partial charge in [0.05, 0.1) is 0 Å². The van der Waals surface area contributed by atoms with Gasteiger partial charge >= 0.3 is 0 Å². The van der Waals surface area contributed by atoms with Gasteiger partial charge in [-0.25, -0.2) is 0 Å². The maximum Gasteiger partial charge on any atom is 0.0466 e. The molecule has 0 amide bonds. The van der Waals surface area contributed by atoms with Gasteiger partial charge in [-0.3, -0.25) is 0 Å². The molecule has 0 aliphatic carbocycles. The average Bonchev–Trinajstić information content (AvgIpc) is 2.54. The first-order valence-electron chi connectivity index (χ1n) is 10.3. The summed E-state index contributed by atoms with van der Waals surface area (Å²) in [5, 5.41) is 3.49. The van der Waals surface area contributed by atoms with Crippen LogP contribution in [-0.2, 0) is 4.74 Å². The van der Waals surface area contributed by atoms with E-state index < -0.39 is 0 Å². The summed E-state index contributed by atoms with van der Waals surface area (Å²) in [7, 11) is 0. The molecule has 0 aliphatic rings. The smallest absolute Gasteiger partial charge is 0.0466 e. The highest BCUT2D eigenvalue weighted by molar-refractivity contribution is 4.60. The topological polar surface area (TPSA) is 47.3 Å². The van der Waals surface area contributed by atoms with E-state index >= 15 is 0 Å². The first kappa shape index (κ1) is 22.9. The molecule has 23 heavy (non-hydrogen) atoms. The van der Waals surface area contributed by atoms with Gasteiger partial charge in [-0.1, -0.05) is 64.7 Å². The minimum Gasteiger partial charge on any atom is -0.381 e. The van der Waals surface area contributed by atoms with Gasteiger partial charge in [-0.15, -0.1) is 0 Å². The maximum absolute atomic E-state index is 5.71. The lowest BCUT2D eigenvalue weighted by atomic mass is 10.1. The van der Waals surface area contributed by atoms with Crippen LogP contribution in [0.1, 0.15) is 97.3 Å². The van der Waals surface area contributed by atoms with Crippen molar-refractivity contribution in [2.45, 2.75) is 103 Å². The van der Waals surface area contributed by atoms with Gasteiger partial charge in [0.2, 0.25) is 0 Å². The molecule has 140 valence electrons. The molecule has 3 heteroatoms. The third-order valence-electron chi connectivity index (χ3n) is 4.45. The van der Waals surface area contributed by atoms with Crippen molar-refractivity contribution in [2.75, 3.05) is 26.3 Å². The van der Waals surface area contributed by atoms with Crippen LogP contribution in [0.25, 0.3) is 0 Å². The lowest BCUT2D eigenvalue weighted by molar-refractivity contribution is 0.126. The van der Waals surface area contributed by atoms with E-state index in [1.54, 1.807) is 0 Å². The molecule has 3 N–H and O–H groups in total. The Balaban J connectivity index is 3.00. The summed E-state index contributed by atoms with van der Waals surface area (Å²) in [6, 6.07) is 0.549. The lowest BCUT2D eigenvalue weighted by Crippen LogP contribution is -2.29. The van der Waals surface area contributed by atoms with Crippen LogP contribution in [0.15, 0.2) is 0 Å². The molecule has 0 aromatic heterocycles. The second kappa shape index (κ2) is 19.9. The van der Waals surface area contributed by atoms with Crippen molar-refractivity contribution < 1.29 is 4.74 Å². The van der Waals surface area contributed by atoms with Crippen molar-refractivity contribution in [3.05, 3.63) is 0 Å². The number of ether oxygens (including phenoxy) is 1. The molecule has 0 aliphatic heterocycles. The molecule has 0 aromatic carbocycles. The van der Waals surface area contributed by atoms with Gasteiger partial charge in [-0.2, -0.15) is 0 Å². The molecule has 0 fully saturated rings. The van der Waals surface area contributed by atoms with Gasteiger partial charge < -0.3 is 15.8 Å². The van der Waals surface area contributed by atoms with Crippen LogP contribution >= 0.6 is 0 Å². The first-order valence-corrected chi connectivity index (χ1v) is 10.3. The normalized spacial score (nSPS) is 12.7. The highest BCUT2D eigenvalue weighted by atomic mass is 16.5. The van der Waals surface area contributed by atoms with Crippen molar-refractivity contribution in [3.8, 4) is 0 Å². The van der Waals surface area contributed by atoms with E-state index in [1.807, 2.05) is 0 Å². The number of unbranched alkanes of at least 4 members (excludes halogenated alkanes) is 10. The number of nitrogens with one attached hydrogen (secondary N) is 1. The summed E-state index contributed by atoms with van der Waals surface area (Å²) in [6.07, 6.45) is 17.3. The van der Waals surface area contributed by atoms with Gasteiger partial charge in [0.1, 0.15) is 0 Å². The van der Waals surface area contributed by atoms with Crippen molar-refractivity contribution in [1.29, 1.82) is 0 Å². The van der Waals surface area contributed by atoms with Gasteiger partial charge in [0.25, 0.3) is 0 Å². The Morgan fingerprint density at radius 1 is 0.783 bits per heavy atom. The Labute approximate surface area is 146 Å². The fraction of sp³-hybridized carbons (Fsp3) is 1.00. The zero-order chi connectivity index (χ0) is 17.0. The summed E-state index contributed by atoms with van der Waals surface area (Å²) in [6.45, 7) is 8.22. The Bertz CT molecular complexity index is 212. The Morgan fingerprint density at radius 2 is 1.30 bits per heavy atom. The van der Waals surface area contributed by atoms with Crippen LogP contribution in [-0.4, -0.2) is 32.3 Å². The fourth-order valence-corrected chi connectivity index (χ4v) is 2.82. The van der Waals surface area contributed by atoms with E-state index in [0.717, 1.165) is 32.7 Å². The Hall–Kier alpha value is -0.120. The molecule has 1 unspecified atom stereocenters. The van der Waals surface area contributed by atoms with Crippen LogP contribution in [0.5, 0.6) is 0 Å². The average molecular weight is 329 g/mol. The minimum atomic E-state index is 0.549. The molecule has 0 saturated heterocycles. The lowest BCUT2D eigenvalue weighted by Gasteiger charge is -2.12. The second-order valence-electron chi connectivity index (χ2n) is 6.93. The molecule has 0 heterocycles. The van der Waals surface area contributed by atoms with Crippen molar-refractivity contribution in [2.24, 2.45) is 5.73 Å². The summed E-state index contributed by atoms with van der Waals surface area (Å²) >= 11 is 0. The zero-order valence-corrected chi connectivity index (χ0v) is 16.1. The zero-order valence-electron chi connectivity index (χ0n) is 16.1. The standard InChI is InChI=1S/C20H44N2O/c1-3-4-5-6-7-8-9-10-11-13-18-23-19-14-12-17-22-20(2)15-16-21/h20,22H,3-19,21H2,1-2H3.